The van der Waals surface area contributed by atoms with E-state index >= 15 is 0 Å². The highest BCUT2D eigenvalue weighted by atomic mass is 16.5. The number of aromatic nitrogens is 2. The molecule has 1 aromatic rings. The van der Waals surface area contributed by atoms with Crippen molar-refractivity contribution in [2.24, 2.45) is 5.92 Å². The van der Waals surface area contributed by atoms with Crippen LogP contribution in [0.3, 0.4) is 0 Å². The number of amides is 1. The molecule has 1 aromatic heterocycles. The summed E-state index contributed by atoms with van der Waals surface area (Å²) in [6, 6.07) is 1.74. The Morgan fingerprint density at radius 3 is 3.00 bits per heavy atom. The lowest BCUT2D eigenvalue weighted by molar-refractivity contribution is -0.120. The zero-order valence-electron chi connectivity index (χ0n) is 12.0. The normalized spacial score (nSPS) is 21.8. The summed E-state index contributed by atoms with van der Waals surface area (Å²) < 4.78 is 10.4. The number of nitrogens with zero attached hydrogens (tertiary/aromatic N) is 2. The van der Waals surface area contributed by atoms with Crippen LogP contribution in [0.4, 0.5) is 5.95 Å². The Hall–Kier alpha value is -1.73. The fourth-order valence-electron chi connectivity index (χ4n) is 2.18. The highest BCUT2D eigenvalue weighted by Gasteiger charge is 2.33. The van der Waals surface area contributed by atoms with E-state index < -0.39 is 0 Å². The van der Waals surface area contributed by atoms with E-state index in [-0.39, 0.29) is 23.8 Å². The molecule has 1 saturated heterocycles. The topological polar surface area (TPSA) is 85.4 Å². The van der Waals surface area contributed by atoms with Crippen LogP contribution in [0, 0.1) is 12.8 Å². The molecule has 1 amide bonds. The van der Waals surface area contributed by atoms with Crippen LogP contribution in [-0.4, -0.2) is 48.8 Å². The number of rotatable bonds is 5. The third-order valence-corrected chi connectivity index (χ3v) is 3.16. The van der Waals surface area contributed by atoms with Gasteiger partial charge in [-0.05, 0) is 13.5 Å². The van der Waals surface area contributed by atoms with Gasteiger partial charge in [-0.25, -0.2) is 4.98 Å². The molecule has 7 nitrogen and oxygen atoms in total. The van der Waals surface area contributed by atoms with Gasteiger partial charge in [0, 0.05) is 17.8 Å². The maximum absolute atomic E-state index is 12.3. The van der Waals surface area contributed by atoms with Gasteiger partial charge < -0.3 is 14.8 Å². The van der Waals surface area contributed by atoms with Gasteiger partial charge in [-0.2, -0.15) is 4.98 Å². The van der Waals surface area contributed by atoms with Crippen molar-refractivity contribution in [2.45, 2.75) is 19.9 Å². The van der Waals surface area contributed by atoms with E-state index in [9.17, 15) is 4.79 Å². The SMILES string of the molecule is CCNC1COCC1C(=O)Nc1nc(C)cc(OC)n1. The van der Waals surface area contributed by atoms with Crippen LogP contribution in [-0.2, 0) is 9.53 Å². The number of methoxy groups -OCH3 is 1. The quantitative estimate of drug-likeness (QED) is 0.810. The Labute approximate surface area is 118 Å². The summed E-state index contributed by atoms with van der Waals surface area (Å²) in [5.41, 5.74) is 0.734. The molecule has 2 heterocycles. The average molecular weight is 280 g/mol. The summed E-state index contributed by atoms with van der Waals surface area (Å²) in [5.74, 6) is 0.318. The van der Waals surface area contributed by atoms with E-state index in [4.69, 9.17) is 9.47 Å². The largest absolute Gasteiger partial charge is 0.481 e. The Balaban J connectivity index is 2.05. The van der Waals surface area contributed by atoms with Gasteiger partial charge in [-0.1, -0.05) is 6.92 Å². The Bertz CT molecular complexity index is 481. The third-order valence-electron chi connectivity index (χ3n) is 3.16. The van der Waals surface area contributed by atoms with Gasteiger partial charge in [0.25, 0.3) is 0 Å². The molecule has 0 aromatic carbocycles. The van der Waals surface area contributed by atoms with Gasteiger partial charge in [0.1, 0.15) is 0 Å². The summed E-state index contributed by atoms with van der Waals surface area (Å²) in [7, 11) is 1.53. The smallest absolute Gasteiger partial charge is 0.233 e. The molecule has 2 atom stereocenters. The van der Waals surface area contributed by atoms with Crippen LogP contribution in [0.2, 0.25) is 0 Å². The Morgan fingerprint density at radius 1 is 1.50 bits per heavy atom. The minimum Gasteiger partial charge on any atom is -0.481 e. The van der Waals surface area contributed by atoms with Gasteiger partial charge in [0.2, 0.25) is 17.7 Å². The van der Waals surface area contributed by atoms with Crippen LogP contribution >= 0.6 is 0 Å². The fourth-order valence-corrected chi connectivity index (χ4v) is 2.18. The molecule has 20 heavy (non-hydrogen) atoms. The molecular weight excluding hydrogens is 260 g/mol. The Kier molecular flexibility index (Phi) is 4.86. The molecular formula is C13H20N4O3. The van der Waals surface area contributed by atoms with Crippen molar-refractivity contribution >= 4 is 11.9 Å². The van der Waals surface area contributed by atoms with E-state index in [1.807, 2.05) is 13.8 Å². The predicted molar refractivity (Wildman–Crippen MR) is 73.7 cm³/mol. The molecule has 1 fully saturated rings. The van der Waals surface area contributed by atoms with Crippen molar-refractivity contribution < 1.29 is 14.3 Å². The lowest BCUT2D eigenvalue weighted by Crippen LogP contribution is -2.41. The first-order valence-electron chi connectivity index (χ1n) is 6.65. The fraction of sp³-hybridized carbons (Fsp3) is 0.615. The summed E-state index contributed by atoms with van der Waals surface area (Å²) in [6.45, 7) is 5.57. The van der Waals surface area contributed by atoms with Gasteiger partial charge in [-0.15, -0.1) is 0 Å². The van der Waals surface area contributed by atoms with Gasteiger partial charge in [0.15, 0.2) is 0 Å². The van der Waals surface area contributed by atoms with E-state index in [1.165, 1.54) is 7.11 Å². The van der Waals surface area contributed by atoms with Crippen LogP contribution in [0.5, 0.6) is 5.88 Å². The summed E-state index contributed by atoms with van der Waals surface area (Å²) >= 11 is 0. The van der Waals surface area contributed by atoms with Crippen molar-refractivity contribution in [1.82, 2.24) is 15.3 Å². The molecule has 110 valence electrons. The standard InChI is InChI=1S/C13H20N4O3/c1-4-14-10-7-20-6-9(10)12(18)17-13-15-8(2)5-11(16-13)19-3/h5,9-10,14H,4,6-7H2,1-3H3,(H,15,16,17,18). The molecule has 2 rings (SSSR count). The van der Waals surface area contributed by atoms with Gasteiger partial charge in [0.05, 0.1) is 26.2 Å². The number of aryl methyl sites for hydroxylation is 1. The van der Waals surface area contributed by atoms with Crippen LogP contribution in [0.1, 0.15) is 12.6 Å². The van der Waals surface area contributed by atoms with E-state index in [0.29, 0.717) is 19.1 Å². The van der Waals surface area contributed by atoms with Crippen molar-refractivity contribution in [3.63, 3.8) is 0 Å². The molecule has 0 aliphatic carbocycles. The van der Waals surface area contributed by atoms with Crippen LogP contribution in [0.15, 0.2) is 6.07 Å². The summed E-state index contributed by atoms with van der Waals surface area (Å²) in [5, 5.41) is 5.97. The number of ether oxygens (including phenoxy) is 2. The second-order valence-corrected chi connectivity index (χ2v) is 4.67. The maximum atomic E-state index is 12.3. The van der Waals surface area contributed by atoms with Crippen molar-refractivity contribution in [2.75, 3.05) is 32.2 Å². The van der Waals surface area contributed by atoms with Crippen molar-refractivity contribution in [3.05, 3.63) is 11.8 Å². The molecule has 2 N–H and O–H groups in total. The van der Waals surface area contributed by atoms with Crippen molar-refractivity contribution in [1.29, 1.82) is 0 Å². The van der Waals surface area contributed by atoms with E-state index in [0.717, 1.165) is 12.2 Å². The first-order valence-corrected chi connectivity index (χ1v) is 6.65. The monoisotopic (exact) mass is 280 g/mol. The minimum atomic E-state index is -0.231. The number of anilines is 1. The molecule has 0 saturated carbocycles. The van der Waals surface area contributed by atoms with Crippen LogP contribution in [0.25, 0.3) is 0 Å². The second-order valence-electron chi connectivity index (χ2n) is 4.67. The zero-order chi connectivity index (χ0) is 14.5. The van der Waals surface area contributed by atoms with Gasteiger partial charge in [-0.3, -0.25) is 10.1 Å². The zero-order valence-corrected chi connectivity index (χ0v) is 12.0. The van der Waals surface area contributed by atoms with Gasteiger partial charge >= 0.3 is 0 Å². The highest BCUT2D eigenvalue weighted by Crippen LogP contribution is 2.17. The third kappa shape index (κ3) is 3.43. The number of carbonyl (C=O) groups excluding carboxylic acids is 1. The minimum absolute atomic E-state index is 0.0340. The number of carbonyl (C=O) groups is 1. The maximum Gasteiger partial charge on any atom is 0.233 e. The average Bonchev–Trinajstić information content (AvgIpc) is 2.86. The molecule has 7 heteroatoms. The molecule has 0 spiro atoms. The first kappa shape index (κ1) is 14.7. The number of hydrogen-bond donors (Lipinski definition) is 2. The first-order chi connectivity index (χ1) is 9.63. The number of likely N-dealkylation sites (N-methyl/N-ethyl adjacent to an activating group) is 1. The lowest BCUT2D eigenvalue weighted by Gasteiger charge is -2.17. The van der Waals surface area contributed by atoms with E-state index in [1.54, 1.807) is 6.07 Å². The summed E-state index contributed by atoms with van der Waals surface area (Å²) in [6.07, 6.45) is 0. The number of nitrogens with one attached hydrogen (secondary N) is 2. The molecule has 1 aliphatic heterocycles. The summed E-state index contributed by atoms with van der Waals surface area (Å²) in [4.78, 5) is 20.5. The number of hydrogen-bond acceptors (Lipinski definition) is 6. The van der Waals surface area contributed by atoms with Crippen LogP contribution < -0.4 is 15.4 Å². The molecule has 0 radical (unpaired) electrons. The lowest BCUT2D eigenvalue weighted by atomic mass is 10.0. The molecule has 0 bridgehead atoms. The molecule has 1 aliphatic rings. The highest BCUT2D eigenvalue weighted by molar-refractivity contribution is 5.91. The van der Waals surface area contributed by atoms with E-state index in [2.05, 4.69) is 20.6 Å². The predicted octanol–water partition coefficient (Wildman–Crippen LogP) is 0.357. The van der Waals surface area contributed by atoms with Crippen molar-refractivity contribution in [3.8, 4) is 5.88 Å². The second kappa shape index (κ2) is 6.62. The molecule has 2 unspecified atom stereocenters. The Morgan fingerprint density at radius 2 is 2.30 bits per heavy atom.